The largest absolute Gasteiger partial charge is 0.444 e. The summed E-state index contributed by atoms with van der Waals surface area (Å²) in [5, 5.41) is 0. The Morgan fingerprint density at radius 2 is 2.04 bits per heavy atom. The van der Waals surface area contributed by atoms with Gasteiger partial charge in [-0.1, -0.05) is 19.9 Å². The van der Waals surface area contributed by atoms with Gasteiger partial charge in [0.05, 0.1) is 17.3 Å². The zero-order chi connectivity index (χ0) is 16.0. The van der Waals surface area contributed by atoms with Gasteiger partial charge in [-0.3, -0.25) is 4.79 Å². The van der Waals surface area contributed by atoms with Crippen LogP contribution in [0.5, 0.6) is 0 Å². The number of rotatable bonds is 2. The van der Waals surface area contributed by atoms with Crippen molar-refractivity contribution in [1.29, 1.82) is 0 Å². The van der Waals surface area contributed by atoms with Gasteiger partial charge in [0, 0.05) is 24.5 Å². The molecule has 5 nitrogen and oxygen atoms in total. The number of aromatic nitrogens is 3. The third-order valence-electron chi connectivity index (χ3n) is 4.23. The number of hydrogen-bond acceptors (Lipinski definition) is 4. The minimum atomic E-state index is -0.0666. The van der Waals surface area contributed by atoms with Gasteiger partial charge in [0.1, 0.15) is 12.1 Å². The number of nitrogens with zero attached hydrogens (tertiary/aromatic N) is 3. The van der Waals surface area contributed by atoms with Crippen LogP contribution in [0.4, 0.5) is 0 Å². The molecule has 3 aromatic heterocycles. The summed E-state index contributed by atoms with van der Waals surface area (Å²) in [7, 11) is 0. The lowest BCUT2D eigenvalue weighted by molar-refractivity contribution is 0.0911. The Bertz CT molecular complexity index is 861. The van der Waals surface area contributed by atoms with Crippen LogP contribution in [0.15, 0.2) is 47.5 Å². The summed E-state index contributed by atoms with van der Waals surface area (Å²) >= 11 is 0. The minimum Gasteiger partial charge on any atom is -0.444 e. The van der Waals surface area contributed by atoms with E-state index in [-0.39, 0.29) is 11.2 Å². The quantitative estimate of drug-likeness (QED) is 0.724. The van der Waals surface area contributed by atoms with E-state index in [1.807, 2.05) is 29.0 Å². The number of carbonyl (C=O) groups is 1. The highest BCUT2D eigenvalue weighted by molar-refractivity contribution is 6.04. The van der Waals surface area contributed by atoms with Crippen LogP contribution in [-0.4, -0.2) is 20.3 Å². The normalized spacial score (nSPS) is 16.3. The maximum atomic E-state index is 12.8. The van der Waals surface area contributed by atoms with Crippen LogP contribution in [0.2, 0.25) is 0 Å². The van der Waals surface area contributed by atoms with Crippen molar-refractivity contribution in [1.82, 2.24) is 14.5 Å². The predicted molar refractivity (Wildman–Crippen MR) is 85.5 cm³/mol. The van der Waals surface area contributed by atoms with Crippen LogP contribution in [0.1, 0.15) is 36.3 Å². The Kier molecular flexibility index (Phi) is 2.98. The van der Waals surface area contributed by atoms with Crippen molar-refractivity contribution in [3.63, 3.8) is 0 Å². The second kappa shape index (κ2) is 4.91. The fourth-order valence-electron chi connectivity index (χ4n) is 3.29. The van der Waals surface area contributed by atoms with Crippen molar-refractivity contribution < 1.29 is 9.21 Å². The molecule has 0 aliphatic heterocycles. The molecule has 0 aromatic carbocycles. The fourth-order valence-corrected chi connectivity index (χ4v) is 3.29. The molecule has 1 aliphatic rings. The topological polar surface area (TPSA) is 60.9 Å². The number of Topliss-reactive ketones (excluding diaryl/α,β-unsaturated/α-hetero) is 1. The summed E-state index contributed by atoms with van der Waals surface area (Å²) in [6.07, 6.45) is 8.12. The van der Waals surface area contributed by atoms with Gasteiger partial charge < -0.3 is 8.98 Å². The van der Waals surface area contributed by atoms with Gasteiger partial charge in [-0.25, -0.2) is 9.97 Å². The molecule has 0 amide bonds. The number of fused-ring (bicyclic) bond motifs is 1. The number of oxazole rings is 1. The van der Waals surface area contributed by atoms with Crippen LogP contribution in [-0.2, 0) is 6.42 Å². The molecule has 0 saturated heterocycles. The molecule has 3 heterocycles. The summed E-state index contributed by atoms with van der Waals surface area (Å²) < 4.78 is 7.43. The standard InChI is InChI=1S/C18H17N3O2/c1-18(2)9-13-16(14(22)10-18)12(17-20-7-8-23-17)11-21(13)15-5-3-4-6-19-15/h3-8,11H,9-10H2,1-2H3. The first-order valence-corrected chi connectivity index (χ1v) is 7.64. The maximum absolute atomic E-state index is 12.8. The molecule has 4 rings (SSSR count). The lowest BCUT2D eigenvalue weighted by Gasteiger charge is -2.29. The van der Waals surface area contributed by atoms with Gasteiger partial charge >= 0.3 is 0 Å². The monoisotopic (exact) mass is 307 g/mol. The zero-order valence-electron chi connectivity index (χ0n) is 13.1. The average Bonchev–Trinajstić information content (AvgIpc) is 3.14. The summed E-state index contributed by atoms with van der Waals surface area (Å²) in [6, 6.07) is 5.75. The summed E-state index contributed by atoms with van der Waals surface area (Å²) in [5.41, 5.74) is 2.38. The Morgan fingerprint density at radius 1 is 1.17 bits per heavy atom. The van der Waals surface area contributed by atoms with E-state index in [2.05, 4.69) is 23.8 Å². The smallest absolute Gasteiger partial charge is 0.228 e. The van der Waals surface area contributed by atoms with Gasteiger partial charge in [0.25, 0.3) is 0 Å². The van der Waals surface area contributed by atoms with E-state index in [0.29, 0.717) is 12.3 Å². The van der Waals surface area contributed by atoms with E-state index in [0.717, 1.165) is 29.1 Å². The van der Waals surface area contributed by atoms with Crippen molar-refractivity contribution in [3.05, 3.63) is 54.3 Å². The van der Waals surface area contributed by atoms with E-state index in [9.17, 15) is 4.79 Å². The molecule has 0 N–H and O–H groups in total. The second-order valence-electron chi connectivity index (χ2n) is 6.70. The number of pyridine rings is 1. The van der Waals surface area contributed by atoms with Crippen molar-refractivity contribution in [2.75, 3.05) is 0 Å². The molecule has 23 heavy (non-hydrogen) atoms. The molecule has 116 valence electrons. The van der Waals surface area contributed by atoms with Gasteiger partial charge in [0.15, 0.2) is 5.78 Å². The van der Waals surface area contributed by atoms with Crippen molar-refractivity contribution >= 4 is 5.78 Å². The van der Waals surface area contributed by atoms with Crippen LogP contribution < -0.4 is 0 Å². The molecule has 0 spiro atoms. The highest BCUT2D eigenvalue weighted by Gasteiger charge is 2.36. The summed E-state index contributed by atoms with van der Waals surface area (Å²) in [4.78, 5) is 21.4. The van der Waals surface area contributed by atoms with Crippen molar-refractivity contribution in [2.45, 2.75) is 26.7 Å². The van der Waals surface area contributed by atoms with E-state index >= 15 is 0 Å². The van der Waals surface area contributed by atoms with Gasteiger partial charge in [-0.15, -0.1) is 0 Å². The van der Waals surface area contributed by atoms with E-state index in [1.165, 1.54) is 6.26 Å². The molecule has 0 radical (unpaired) electrons. The van der Waals surface area contributed by atoms with Gasteiger partial charge in [0.2, 0.25) is 5.89 Å². The van der Waals surface area contributed by atoms with Crippen LogP contribution in [0.3, 0.4) is 0 Å². The Balaban J connectivity index is 1.98. The van der Waals surface area contributed by atoms with Gasteiger partial charge in [-0.05, 0) is 24.0 Å². The second-order valence-corrected chi connectivity index (χ2v) is 6.70. The van der Waals surface area contributed by atoms with Crippen molar-refractivity contribution in [3.8, 4) is 17.3 Å². The molecule has 3 aromatic rings. The molecular formula is C18H17N3O2. The lowest BCUT2D eigenvalue weighted by atomic mass is 9.75. The number of hydrogen-bond donors (Lipinski definition) is 0. The molecule has 0 atom stereocenters. The molecule has 0 fully saturated rings. The molecule has 0 saturated carbocycles. The molecule has 5 heteroatoms. The highest BCUT2D eigenvalue weighted by Crippen LogP contribution is 2.40. The summed E-state index contributed by atoms with van der Waals surface area (Å²) in [6.45, 7) is 4.24. The lowest BCUT2D eigenvalue weighted by Crippen LogP contribution is -2.28. The van der Waals surface area contributed by atoms with Crippen LogP contribution in [0, 0.1) is 5.41 Å². The average molecular weight is 307 g/mol. The van der Waals surface area contributed by atoms with Crippen LogP contribution >= 0.6 is 0 Å². The van der Waals surface area contributed by atoms with Gasteiger partial charge in [-0.2, -0.15) is 0 Å². The van der Waals surface area contributed by atoms with E-state index < -0.39 is 0 Å². The highest BCUT2D eigenvalue weighted by atomic mass is 16.3. The predicted octanol–water partition coefficient (Wildman–Crippen LogP) is 3.68. The first kappa shape index (κ1) is 13.9. The van der Waals surface area contributed by atoms with E-state index in [1.54, 1.807) is 12.4 Å². The minimum absolute atomic E-state index is 0.0666. The Morgan fingerprint density at radius 3 is 2.74 bits per heavy atom. The Hall–Kier alpha value is -2.69. The van der Waals surface area contributed by atoms with Crippen molar-refractivity contribution in [2.24, 2.45) is 5.41 Å². The summed E-state index contributed by atoms with van der Waals surface area (Å²) in [5.74, 6) is 1.41. The van der Waals surface area contributed by atoms with Crippen LogP contribution in [0.25, 0.3) is 17.3 Å². The first-order valence-electron chi connectivity index (χ1n) is 7.64. The number of ketones is 1. The molecule has 1 aliphatic carbocycles. The van der Waals surface area contributed by atoms with E-state index in [4.69, 9.17) is 4.42 Å². The third-order valence-corrected chi connectivity index (χ3v) is 4.23. The molecule has 0 unspecified atom stereocenters. The third kappa shape index (κ3) is 2.29. The number of carbonyl (C=O) groups excluding carboxylic acids is 1. The SMILES string of the molecule is CC1(C)CC(=O)c2c(-c3ncco3)cn(-c3ccccn3)c2C1. The fraction of sp³-hybridized carbons (Fsp3) is 0.278. The molecular weight excluding hydrogens is 290 g/mol. The Labute approximate surface area is 134 Å². The zero-order valence-corrected chi connectivity index (χ0v) is 13.1. The molecule has 0 bridgehead atoms. The first-order chi connectivity index (χ1) is 11.1. The maximum Gasteiger partial charge on any atom is 0.228 e.